The van der Waals surface area contributed by atoms with Crippen molar-refractivity contribution in [2.45, 2.75) is 25.9 Å². The highest BCUT2D eigenvalue weighted by atomic mass is 16.5. The van der Waals surface area contributed by atoms with Crippen molar-refractivity contribution in [2.75, 3.05) is 30.3 Å². The monoisotopic (exact) mass is 443 g/mol. The molecule has 1 aliphatic heterocycles. The van der Waals surface area contributed by atoms with E-state index in [1.54, 1.807) is 0 Å². The van der Waals surface area contributed by atoms with E-state index in [-0.39, 0.29) is 18.4 Å². The summed E-state index contributed by atoms with van der Waals surface area (Å²) in [5.41, 5.74) is 3.19. The van der Waals surface area contributed by atoms with E-state index in [9.17, 15) is 9.59 Å². The van der Waals surface area contributed by atoms with Crippen molar-refractivity contribution in [2.24, 2.45) is 0 Å². The van der Waals surface area contributed by atoms with Gasteiger partial charge in [0.05, 0.1) is 6.54 Å². The SMILES string of the molecule is O=C(CNc1cccc(C(=O)N2CCCCC2)c1)Nc1ccc(OCc2ccccc2)cc1. The van der Waals surface area contributed by atoms with Gasteiger partial charge in [-0.15, -0.1) is 0 Å². The number of piperidine rings is 1. The Morgan fingerprint density at radius 1 is 0.818 bits per heavy atom. The maximum absolute atomic E-state index is 12.7. The smallest absolute Gasteiger partial charge is 0.253 e. The summed E-state index contributed by atoms with van der Waals surface area (Å²) in [7, 11) is 0. The molecule has 0 radical (unpaired) electrons. The number of ether oxygens (including phenoxy) is 1. The number of rotatable bonds is 8. The number of hydrogen-bond acceptors (Lipinski definition) is 4. The number of nitrogens with one attached hydrogen (secondary N) is 2. The van der Waals surface area contributed by atoms with E-state index < -0.39 is 0 Å². The Kier molecular flexibility index (Phi) is 7.59. The molecule has 1 fully saturated rings. The fraction of sp³-hybridized carbons (Fsp3) is 0.259. The molecule has 2 N–H and O–H groups in total. The van der Waals surface area contributed by atoms with Crippen LogP contribution in [0, 0.1) is 0 Å². The van der Waals surface area contributed by atoms with Gasteiger partial charge >= 0.3 is 0 Å². The topological polar surface area (TPSA) is 70.7 Å². The molecule has 0 atom stereocenters. The van der Waals surface area contributed by atoms with Crippen LogP contribution in [0.15, 0.2) is 78.9 Å². The number of anilines is 2. The lowest BCUT2D eigenvalue weighted by Gasteiger charge is -2.26. The van der Waals surface area contributed by atoms with Gasteiger partial charge in [-0.1, -0.05) is 36.4 Å². The molecular weight excluding hydrogens is 414 g/mol. The molecule has 0 bridgehead atoms. The molecule has 6 heteroatoms. The fourth-order valence-electron chi connectivity index (χ4n) is 3.80. The van der Waals surface area contributed by atoms with Crippen molar-refractivity contribution in [1.29, 1.82) is 0 Å². The van der Waals surface area contributed by atoms with Gasteiger partial charge in [0.25, 0.3) is 5.91 Å². The Labute approximate surface area is 194 Å². The van der Waals surface area contributed by atoms with Crippen LogP contribution >= 0.6 is 0 Å². The van der Waals surface area contributed by atoms with Gasteiger partial charge in [-0.05, 0) is 67.3 Å². The first-order chi connectivity index (χ1) is 16.2. The minimum Gasteiger partial charge on any atom is -0.489 e. The van der Waals surface area contributed by atoms with Crippen molar-refractivity contribution in [3.8, 4) is 5.75 Å². The van der Waals surface area contributed by atoms with E-state index in [2.05, 4.69) is 10.6 Å². The molecule has 1 heterocycles. The third kappa shape index (κ3) is 6.59. The van der Waals surface area contributed by atoms with Gasteiger partial charge in [-0.3, -0.25) is 9.59 Å². The molecule has 1 aliphatic rings. The number of carbonyl (C=O) groups excluding carboxylic acids is 2. The van der Waals surface area contributed by atoms with Crippen LogP contribution in [0.2, 0.25) is 0 Å². The number of likely N-dealkylation sites (tertiary alicyclic amines) is 1. The highest BCUT2D eigenvalue weighted by Gasteiger charge is 2.18. The van der Waals surface area contributed by atoms with Crippen LogP contribution in [0.4, 0.5) is 11.4 Å². The first kappa shape index (κ1) is 22.4. The van der Waals surface area contributed by atoms with Crippen LogP contribution in [0.5, 0.6) is 5.75 Å². The van der Waals surface area contributed by atoms with Gasteiger partial charge in [-0.2, -0.15) is 0 Å². The molecule has 170 valence electrons. The lowest BCUT2D eigenvalue weighted by molar-refractivity contribution is -0.114. The van der Waals surface area contributed by atoms with Crippen LogP contribution < -0.4 is 15.4 Å². The number of amides is 2. The highest BCUT2D eigenvalue weighted by Crippen LogP contribution is 2.18. The molecule has 0 saturated carbocycles. The van der Waals surface area contributed by atoms with Gasteiger partial charge in [0.1, 0.15) is 12.4 Å². The summed E-state index contributed by atoms with van der Waals surface area (Å²) in [6, 6.07) is 24.6. The van der Waals surface area contributed by atoms with Gasteiger partial charge < -0.3 is 20.3 Å². The molecule has 3 aromatic rings. The maximum Gasteiger partial charge on any atom is 0.253 e. The standard InChI is InChI=1S/C27H29N3O3/c31-26(29-23-12-14-25(15-13-23)33-20-21-8-3-1-4-9-21)19-28-24-11-7-10-22(18-24)27(32)30-16-5-2-6-17-30/h1,3-4,7-15,18,28H,2,5-6,16-17,19-20H2,(H,29,31). The molecular formula is C27H29N3O3. The zero-order valence-electron chi connectivity index (χ0n) is 18.6. The number of nitrogens with zero attached hydrogens (tertiary/aromatic N) is 1. The van der Waals surface area contributed by atoms with Gasteiger partial charge in [-0.25, -0.2) is 0 Å². The van der Waals surface area contributed by atoms with E-state index in [4.69, 9.17) is 4.74 Å². The molecule has 1 saturated heterocycles. The lowest BCUT2D eigenvalue weighted by atomic mass is 10.1. The van der Waals surface area contributed by atoms with Crippen LogP contribution in [0.3, 0.4) is 0 Å². The Morgan fingerprint density at radius 2 is 1.58 bits per heavy atom. The maximum atomic E-state index is 12.7. The third-order valence-electron chi connectivity index (χ3n) is 5.59. The van der Waals surface area contributed by atoms with Crippen molar-refractivity contribution < 1.29 is 14.3 Å². The van der Waals surface area contributed by atoms with Crippen molar-refractivity contribution in [3.63, 3.8) is 0 Å². The van der Waals surface area contributed by atoms with Crippen LogP contribution in [-0.4, -0.2) is 36.3 Å². The lowest BCUT2D eigenvalue weighted by Crippen LogP contribution is -2.35. The normalized spacial score (nSPS) is 13.3. The first-order valence-corrected chi connectivity index (χ1v) is 11.4. The van der Waals surface area contributed by atoms with E-state index in [1.807, 2.05) is 83.8 Å². The van der Waals surface area contributed by atoms with Gasteiger partial charge in [0.2, 0.25) is 5.91 Å². The molecule has 4 rings (SSSR count). The molecule has 2 amide bonds. The summed E-state index contributed by atoms with van der Waals surface area (Å²) in [4.78, 5) is 27.0. The molecule has 0 aliphatic carbocycles. The van der Waals surface area contributed by atoms with Gasteiger partial charge in [0.15, 0.2) is 0 Å². The molecule has 0 aromatic heterocycles. The fourth-order valence-corrected chi connectivity index (χ4v) is 3.80. The number of benzene rings is 3. The minimum atomic E-state index is -0.166. The number of carbonyl (C=O) groups is 2. The van der Waals surface area contributed by atoms with E-state index in [1.165, 1.54) is 6.42 Å². The van der Waals surface area contributed by atoms with Crippen LogP contribution in [0.1, 0.15) is 35.2 Å². The molecule has 33 heavy (non-hydrogen) atoms. The quantitative estimate of drug-likeness (QED) is 0.517. The van der Waals surface area contributed by atoms with E-state index in [0.29, 0.717) is 17.9 Å². The van der Waals surface area contributed by atoms with Crippen LogP contribution in [-0.2, 0) is 11.4 Å². The predicted octanol–water partition coefficient (Wildman–Crippen LogP) is 4.94. The van der Waals surface area contributed by atoms with Crippen LogP contribution in [0.25, 0.3) is 0 Å². The largest absolute Gasteiger partial charge is 0.489 e. The second-order valence-corrected chi connectivity index (χ2v) is 8.13. The minimum absolute atomic E-state index is 0.0531. The van der Waals surface area contributed by atoms with Crippen molar-refractivity contribution in [1.82, 2.24) is 4.90 Å². The summed E-state index contributed by atoms with van der Waals surface area (Å²) in [5, 5.41) is 5.98. The summed E-state index contributed by atoms with van der Waals surface area (Å²) in [5.74, 6) is 0.628. The van der Waals surface area contributed by atoms with E-state index in [0.717, 1.165) is 42.9 Å². The Balaban J connectivity index is 1.25. The summed E-state index contributed by atoms with van der Waals surface area (Å²) in [6.07, 6.45) is 3.30. The number of hydrogen-bond donors (Lipinski definition) is 2. The summed E-state index contributed by atoms with van der Waals surface area (Å²) in [6.45, 7) is 2.23. The van der Waals surface area contributed by atoms with E-state index >= 15 is 0 Å². The predicted molar refractivity (Wildman–Crippen MR) is 131 cm³/mol. The van der Waals surface area contributed by atoms with Gasteiger partial charge in [0, 0.05) is 30.0 Å². The highest BCUT2D eigenvalue weighted by molar-refractivity contribution is 5.96. The second-order valence-electron chi connectivity index (χ2n) is 8.13. The van der Waals surface area contributed by atoms with Crippen molar-refractivity contribution in [3.05, 3.63) is 90.0 Å². The zero-order valence-corrected chi connectivity index (χ0v) is 18.6. The zero-order chi connectivity index (χ0) is 22.9. The Hall–Kier alpha value is -3.80. The summed E-state index contributed by atoms with van der Waals surface area (Å²) >= 11 is 0. The molecule has 0 spiro atoms. The molecule has 3 aromatic carbocycles. The average molecular weight is 444 g/mol. The Morgan fingerprint density at radius 3 is 2.33 bits per heavy atom. The summed E-state index contributed by atoms with van der Waals surface area (Å²) < 4.78 is 5.78. The molecule has 6 nitrogen and oxygen atoms in total. The third-order valence-corrected chi connectivity index (χ3v) is 5.59. The van der Waals surface area contributed by atoms with Crippen molar-refractivity contribution >= 4 is 23.2 Å². The first-order valence-electron chi connectivity index (χ1n) is 11.4. The Bertz CT molecular complexity index is 1060. The molecule has 0 unspecified atom stereocenters. The average Bonchev–Trinajstić information content (AvgIpc) is 2.88. The second kappa shape index (κ2) is 11.2.